The lowest BCUT2D eigenvalue weighted by atomic mass is 10.1. The summed E-state index contributed by atoms with van der Waals surface area (Å²) in [5.41, 5.74) is 3.38. The summed E-state index contributed by atoms with van der Waals surface area (Å²) >= 11 is 2.85. The van der Waals surface area contributed by atoms with Crippen molar-refractivity contribution in [2.45, 2.75) is 17.7 Å². The van der Waals surface area contributed by atoms with E-state index in [-0.39, 0.29) is 5.91 Å². The van der Waals surface area contributed by atoms with Gasteiger partial charge < -0.3 is 10.6 Å². The number of benzene rings is 2. The molecule has 1 amide bonds. The molecule has 134 valence electrons. The van der Waals surface area contributed by atoms with Gasteiger partial charge in [-0.2, -0.15) is 0 Å². The number of amides is 1. The molecule has 0 saturated carbocycles. The van der Waals surface area contributed by atoms with Gasteiger partial charge in [0.1, 0.15) is 0 Å². The first-order valence-corrected chi connectivity index (χ1v) is 10.1. The molecule has 0 radical (unpaired) electrons. The third kappa shape index (κ3) is 5.86. The summed E-state index contributed by atoms with van der Waals surface area (Å²) in [4.78, 5) is 12.0. The first kappa shape index (κ1) is 18.4. The number of rotatable bonds is 8. The van der Waals surface area contributed by atoms with Gasteiger partial charge in [0.15, 0.2) is 4.34 Å². The van der Waals surface area contributed by atoms with Crippen molar-refractivity contribution in [1.29, 1.82) is 0 Å². The van der Waals surface area contributed by atoms with Gasteiger partial charge in [0, 0.05) is 12.2 Å². The van der Waals surface area contributed by atoms with Crippen LogP contribution in [0.5, 0.6) is 0 Å². The van der Waals surface area contributed by atoms with Gasteiger partial charge >= 0.3 is 0 Å². The molecule has 2 aromatic carbocycles. The zero-order valence-electron chi connectivity index (χ0n) is 14.4. The molecule has 3 rings (SSSR count). The van der Waals surface area contributed by atoms with E-state index in [2.05, 4.69) is 33.0 Å². The number of aromatic nitrogens is 2. The highest BCUT2D eigenvalue weighted by molar-refractivity contribution is 8.01. The lowest BCUT2D eigenvalue weighted by molar-refractivity contribution is -0.118. The topological polar surface area (TPSA) is 66.9 Å². The van der Waals surface area contributed by atoms with E-state index >= 15 is 0 Å². The van der Waals surface area contributed by atoms with Crippen molar-refractivity contribution in [2.75, 3.05) is 17.6 Å². The molecule has 7 heteroatoms. The molecule has 0 saturated heterocycles. The normalized spacial score (nSPS) is 10.5. The minimum Gasteiger partial charge on any atom is -0.355 e. The number of aryl methyl sites for hydroxylation is 1. The van der Waals surface area contributed by atoms with Crippen LogP contribution in [0.3, 0.4) is 0 Å². The molecule has 3 aromatic rings. The van der Waals surface area contributed by atoms with Crippen molar-refractivity contribution in [3.05, 3.63) is 65.7 Å². The molecule has 5 nitrogen and oxygen atoms in total. The largest absolute Gasteiger partial charge is 0.355 e. The average molecular weight is 385 g/mol. The number of carbonyl (C=O) groups excluding carboxylic acids is 1. The molecule has 1 heterocycles. The molecular weight excluding hydrogens is 364 g/mol. The van der Waals surface area contributed by atoms with Crippen LogP contribution < -0.4 is 10.6 Å². The second kappa shape index (κ2) is 9.35. The number of anilines is 2. The lowest BCUT2D eigenvalue weighted by Gasteiger charge is -2.04. The standard InChI is InChI=1S/C19H20N4OS2/c1-14-6-5-9-16(12-14)21-18-22-23-19(26-18)25-13-17(24)20-11-10-15-7-3-2-4-8-15/h2-9,12H,10-11,13H2,1H3,(H,20,24)(H,21,22). The van der Waals surface area contributed by atoms with E-state index in [1.165, 1.54) is 34.2 Å². The predicted molar refractivity (Wildman–Crippen MR) is 108 cm³/mol. The van der Waals surface area contributed by atoms with Gasteiger partial charge in [0.25, 0.3) is 0 Å². The number of nitrogens with zero attached hydrogens (tertiary/aromatic N) is 2. The van der Waals surface area contributed by atoms with Gasteiger partial charge in [-0.3, -0.25) is 4.79 Å². The van der Waals surface area contributed by atoms with Crippen LogP contribution in [0.4, 0.5) is 10.8 Å². The van der Waals surface area contributed by atoms with Crippen molar-refractivity contribution >= 4 is 39.8 Å². The Hall–Kier alpha value is -2.38. The van der Waals surface area contributed by atoms with E-state index in [1.54, 1.807) is 0 Å². The highest BCUT2D eigenvalue weighted by atomic mass is 32.2. The van der Waals surface area contributed by atoms with Crippen LogP contribution in [0.25, 0.3) is 0 Å². The molecule has 0 aliphatic carbocycles. The molecule has 0 aliphatic heterocycles. The summed E-state index contributed by atoms with van der Waals surface area (Å²) in [6.45, 7) is 2.68. The fourth-order valence-electron chi connectivity index (χ4n) is 2.33. The second-order valence-corrected chi connectivity index (χ2v) is 7.94. The quantitative estimate of drug-likeness (QED) is 0.574. The summed E-state index contributed by atoms with van der Waals surface area (Å²) in [6.07, 6.45) is 0.834. The van der Waals surface area contributed by atoms with E-state index in [4.69, 9.17) is 0 Å². The maximum Gasteiger partial charge on any atom is 0.230 e. The minimum atomic E-state index is 0.00863. The van der Waals surface area contributed by atoms with Crippen LogP contribution in [0, 0.1) is 6.92 Å². The first-order chi connectivity index (χ1) is 12.7. The fourth-order valence-corrected chi connectivity index (χ4v) is 3.94. The minimum absolute atomic E-state index is 0.00863. The third-order valence-corrected chi connectivity index (χ3v) is 5.55. The molecule has 26 heavy (non-hydrogen) atoms. The van der Waals surface area contributed by atoms with E-state index in [0.29, 0.717) is 12.3 Å². The molecular formula is C19H20N4OS2. The summed E-state index contributed by atoms with van der Waals surface area (Å²) in [6, 6.07) is 18.2. The van der Waals surface area contributed by atoms with Crippen molar-refractivity contribution < 1.29 is 4.79 Å². The molecule has 1 aromatic heterocycles. The van der Waals surface area contributed by atoms with Crippen LogP contribution in [0.2, 0.25) is 0 Å². The van der Waals surface area contributed by atoms with Crippen molar-refractivity contribution in [2.24, 2.45) is 0 Å². The van der Waals surface area contributed by atoms with E-state index in [9.17, 15) is 4.79 Å². The highest BCUT2D eigenvalue weighted by Gasteiger charge is 2.08. The van der Waals surface area contributed by atoms with Crippen molar-refractivity contribution in [3.63, 3.8) is 0 Å². The summed E-state index contributed by atoms with van der Waals surface area (Å²) < 4.78 is 0.776. The SMILES string of the molecule is Cc1cccc(Nc2nnc(SCC(=O)NCCc3ccccc3)s2)c1. The summed E-state index contributed by atoms with van der Waals surface area (Å²) in [5.74, 6) is 0.350. The summed E-state index contributed by atoms with van der Waals surface area (Å²) in [7, 11) is 0. The second-order valence-electron chi connectivity index (χ2n) is 5.74. The highest BCUT2D eigenvalue weighted by Crippen LogP contribution is 2.27. The fraction of sp³-hybridized carbons (Fsp3) is 0.211. The number of hydrogen-bond donors (Lipinski definition) is 2. The zero-order chi connectivity index (χ0) is 18.2. The Labute approximate surface area is 161 Å². The number of thioether (sulfide) groups is 1. The Morgan fingerprint density at radius 1 is 1.12 bits per heavy atom. The molecule has 0 aliphatic rings. The summed E-state index contributed by atoms with van der Waals surface area (Å²) in [5, 5.41) is 15.1. The maximum absolute atomic E-state index is 12.0. The predicted octanol–water partition coefficient (Wildman–Crippen LogP) is 4.04. The Balaban J connectivity index is 1.40. The average Bonchev–Trinajstić information content (AvgIpc) is 3.08. The van der Waals surface area contributed by atoms with Crippen molar-refractivity contribution in [3.8, 4) is 0 Å². The first-order valence-electron chi connectivity index (χ1n) is 8.30. The van der Waals surface area contributed by atoms with Gasteiger partial charge in [-0.25, -0.2) is 0 Å². The van der Waals surface area contributed by atoms with Crippen molar-refractivity contribution in [1.82, 2.24) is 15.5 Å². The Morgan fingerprint density at radius 2 is 1.96 bits per heavy atom. The zero-order valence-corrected chi connectivity index (χ0v) is 16.1. The Kier molecular flexibility index (Phi) is 6.62. The number of hydrogen-bond acceptors (Lipinski definition) is 6. The number of carbonyl (C=O) groups is 1. The van der Waals surface area contributed by atoms with Gasteiger partial charge in [0.05, 0.1) is 5.75 Å². The van der Waals surface area contributed by atoms with Gasteiger partial charge in [-0.05, 0) is 36.6 Å². The monoisotopic (exact) mass is 384 g/mol. The number of nitrogens with one attached hydrogen (secondary N) is 2. The molecule has 0 unspecified atom stereocenters. The van der Waals surface area contributed by atoms with Gasteiger partial charge in [0.2, 0.25) is 11.0 Å². The molecule has 2 N–H and O–H groups in total. The molecule has 0 bridgehead atoms. The van der Waals surface area contributed by atoms with Crippen LogP contribution in [-0.4, -0.2) is 28.4 Å². The molecule has 0 atom stereocenters. The van der Waals surface area contributed by atoms with Crippen LogP contribution in [-0.2, 0) is 11.2 Å². The van der Waals surface area contributed by atoms with Crippen LogP contribution in [0.1, 0.15) is 11.1 Å². The third-order valence-electron chi connectivity index (χ3n) is 3.58. The van der Waals surface area contributed by atoms with Gasteiger partial charge in [-0.1, -0.05) is 65.6 Å². The van der Waals surface area contributed by atoms with Crippen LogP contribution >= 0.6 is 23.1 Å². The Morgan fingerprint density at radius 3 is 2.77 bits per heavy atom. The maximum atomic E-state index is 12.0. The lowest BCUT2D eigenvalue weighted by Crippen LogP contribution is -2.27. The Bertz CT molecular complexity index is 852. The van der Waals surface area contributed by atoms with Crippen LogP contribution in [0.15, 0.2) is 58.9 Å². The molecule has 0 fully saturated rings. The smallest absolute Gasteiger partial charge is 0.230 e. The van der Waals surface area contributed by atoms with E-state index in [1.807, 2.05) is 49.4 Å². The van der Waals surface area contributed by atoms with E-state index in [0.717, 1.165) is 21.6 Å². The van der Waals surface area contributed by atoms with Gasteiger partial charge in [-0.15, -0.1) is 10.2 Å². The van der Waals surface area contributed by atoms with E-state index < -0.39 is 0 Å². The molecule has 0 spiro atoms.